The Hall–Kier alpha value is -0.900. The third-order valence-corrected chi connectivity index (χ3v) is 2.58. The van der Waals surface area contributed by atoms with Gasteiger partial charge in [0.1, 0.15) is 5.56 Å². The monoisotopic (exact) mass is 362 g/mol. The molecule has 0 aliphatic heterocycles. The van der Waals surface area contributed by atoms with Gasteiger partial charge in [0.15, 0.2) is 0 Å². The van der Waals surface area contributed by atoms with Crippen LogP contribution >= 0.6 is 34.2 Å². The number of nitro groups is 1. The molecule has 1 aromatic rings. The van der Waals surface area contributed by atoms with Crippen molar-refractivity contribution in [2.24, 2.45) is 0 Å². The summed E-state index contributed by atoms with van der Waals surface area (Å²) in [7, 11) is 0. The maximum atomic E-state index is 12.4. The number of rotatable bonds is 3. The maximum Gasteiger partial charge on any atom is 0.373 e. The van der Waals surface area contributed by atoms with E-state index in [4.69, 9.17) is 11.6 Å². The van der Waals surface area contributed by atoms with Crippen LogP contribution < -0.4 is 0 Å². The zero-order valence-electron chi connectivity index (χ0n) is 7.29. The smallest absolute Gasteiger partial charge is 0.358 e. The van der Waals surface area contributed by atoms with Crippen LogP contribution in [0.1, 0.15) is 22.5 Å². The molecular weight excluding hydrogens is 360 g/mol. The largest absolute Gasteiger partial charge is 0.373 e. The first-order valence-corrected chi connectivity index (χ1v) is 5.13. The van der Waals surface area contributed by atoms with Gasteiger partial charge in [-0.25, -0.2) is 8.78 Å². The summed E-state index contributed by atoms with van der Waals surface area (Å²) in [4.78, 5) is 23.4. The Labute approximate surface area is 106 Å². The summed E-state index contributed by atoms with van der Waals surface area (Å²) < 4.78 is 24.9. The summed E-state index contributed by atoms with van der Waals surface area (Å²) in [6, 6.07) is 0.825. The summed E-state index contributed by atoms with van der Waals surface area (Å²) >= 11 is 6.65. The SMILES string of the molecule is O=C(Cl)c1nc([N+](=O)[O-])c(C(F)F)cc1I. The molecule has 0 N–H and O–H groups in total. The van der Waals surface area contributed by atoms with Crippen LogP contribution in [-0.4, -0.2) is 15.1 Å². The minimum absolute atomic E-state index is 0.0403. The maximum absolute atomic E-state index is 12.4. The second-order valence-corrected chi connectivity index (χ2v) is 4.07. The van der Waals surface area contributed by atoms with Crippen LogP contribution in [0.25, 0.3) is 0 Å². The molecule has 0 fully saturated rings. The van der Waals surface area contributed by atoms with Crippen molar-refractivity contribution >= 4 is 45.3 Å². The second-order valence-electron chi connectivity index (χ2n) is 2.56. The van der Waals surface area contributed by atoms with Crippen molar-refractivity contribution in [1.82, 2.24) is 4.98 Å². The van der Waals surface area contributed by atoms with Gasteiger partial charge in [-0.15, -0.1) is 0 Å². The Balaban J connectivity index is 3.49. The number of halogens is 4. The molecule has 86 valence electrons. The van der Waals surface area contributed by atoms with Crippen molar-refractivity contribution in [3.05, 3.63) is 31.0 Å². The zero-order valence-corrected chi connectivity index (χ0v) is 10.2. The van der Waals surface area contributed by atoms with Gasteiger partial charge in [-0.05, 0) is 50.2 Å². The van der Waals surface area contributed by atoms with Gasteiger partial charge in [-0.3, -0.25) is 4.79 Å². The van der Waals surface area contributed by atoms with Crippen molar-refractivity contribution in [2.45, 2.75) is 6.43 Å². The van der Waals surface area contributed by atoms with Gasteiger partial charge in [0, 0.05) is 0 Å². The fourth-order valence-electron chi connectivity index (χ4n) is 0.938. The van der Waals surface area contributed by atoms with E-state index in [1.807, 2.05) is 0 Å². The van der Waals surface area contributed by atoms with E-state index in [0.29, 0.717) is 0 Å². The van der Waals surface area contributed by atoms with Gasteiger partial charge in [0.2, 0.25) is 5.69 Å². The highest BCUT2D eigenvalue weighted by atomic mass is 127. The summed E-state index contributed by atoms with van der Waals surface area (Å²) in [5.74, 6) is -1.06. The molecular formula is C7H2ClF2IN2O3. The Morgan fingerprint density at radius 1 is 1.62 bits per heavy atom. The molecule has 0 radical (unpaired) electrons. The van der Waals surface area contributed by atoms with Gasteiger partial charge in [-0.2, -0.15) is 0 Å². The molecule has 1 heterocycles. The van der Waals surface area contributed by atoms with E-state index in [1.165, 1.54) is 0 Å². The molecule has 0 amide bonds. The number of pyridine rings is 1. The van der Waals surface area contributed by atoms with Crippen LogP contribution in [0, 0.1) is 13.7 Å². The quantitative estimate of drug-likeness (QED) is 0.359. The lowest BCUT2D eigenvalue weighted by molar-refractivity contribution is -0.391. The highest BCUT2D eigenvalue weighted by Crippen LogP contribution is 2.30. The predicted octanol–water partition coefficient (Wildman–Crippen LogP) is 2.91. The van der Waals surface area contributed by atoms with Crippen molar-refractivity contribution in [1.29, 1.82) is 0 Å². The molecule has 0 aromatic carbocycles. The second kappa shape index (κ2) is 4.95. The molecule has 0 saturated heterocycles. The number of hydrogen-bond donors (Lipinski definition) is 0. The molecule has 9 heteroatoms. The van der Waals surface area contributed by atoms with Gasteiger partial charge in [0.25, 0.3) is 11.7 Å². The van der Waals surface area contributed by atoms with Crippen molar-refractivity contribution in [2.75, 3.05) is 0 Å². The standard InChI is InChI=1S/C7H2ClF2IN2O3/c8-5(14)4-3(11)1-2(6(9)10)7(12-4)13(15)16/h1,6H. The van der Waals surface area contributed by atoms with Crippen LogP contribution in [0.4, 0.5) is 14.6 Å². The van der Waals surface area contributed by atoms with Crippen molar-refractivity contribution in [3.63, 3.8) is 0 Å². The number of hydrogen-bond acceptors (Lipinski definition) is 4. The van der Waals surface area contributed by atoms with Gasteiger partial charge < -0.3 is 10.1 Å². The van der Waals surface area contributed by atoms with Gasteiger partial charge in [0.05, 0.1) is 3.57 Å². The average molecular weight is 362 g/mol. The van der Waals surface area contributed by atoms with Crippen molar-refractivity contribution in [3.8, 4) is 0 Å². The molecule has 0 atom stereocenters. The number of nitrogens with zero attached hydrogens (tertiary/aromatic N) is 2. The van der Waals surface area contributed by atoms with Crippen LogP contribution in [0.3, 0.4) is 0 Å². The topological polar surface area (TPSA) is 73.1 Å². The Kier molecular flexibility index (Phi) is 4.08. The number of carbonyl (C=O) groups is 1. The van der Waals surface area contributed by atoms with E-state index in [2.05, 4.69) is 4.98 Å². The molecule has 0 saturated carbocycles. The zero-order chi connectivity index (χ0) is 12.5. The molecule has 0 bridgehead atoms. The molecule has 0 aliphatic rings. The third kappa shape index (κ3) is 2.61. The first kappa shape index (κ1) is 13.2. The molecule has 0 aliphatic carbocycles. The first-order chi connectivity index (χ1) is 7.34. The van der Waals surface area contributed by atoms with E-state index in [-0.39, 0.29) is 3.57 Å². The Morgan fingerprint density at radius 2 is 2.19 bits per heavy atom. The Morgan fingerprint density at radius 3 is 2.56 bits per heavy atom. The molecule has 16 heavy (non-hydrogen) atoms. The van der Waals surface area contributed by atoms with Crippen LogP contribution in [0.5, 0.6) is 0 Å². The van der Waals surface area contributed by atoms with Gasteiger partial charge >= 0.3 is 5.82 Å². The molecule has 1 aromatic heterocycles. The minimum atomic E-state index is -3.04. The van der Waals surface area contributed by atoms with E-state index in [9.17, 15) is 23.7 Å². The summed E-state index contributed by atoms with van der Waals surface area (Å²) in [5, 5.41) is 9.43. The Bertz CT molecular complexity index is 469. The number of aromatic nitrogens is 1. The fraction of sp³-hybridized carbons (Fsp3) is 0.143. The van der Waals surface area contributed by atoms with Crippen molar-refractivity contribution < 1.29 is 18.5 Å². The summed E-state index contributed by atoms with van der Waals surface area (Å²) in [5.41, 5.74) is -1.24. The molecule has 0 spiro atoms. The minimum Gasteiger partial charge on any atom is -0.358 e. The summed E-state index contributed by atoms with van der Waals surface area (Å²) in [6.07, 6.45) is -3.04. The highest BCUT2D eigenvalue weighted by molar-refractivity contribution is 14.1. The molecule has 5 nitrogen and oxygen atoms in total. The molecule has 1 rings (SSSR count). The van der Waals surface area contributed by atoms with Crippen LogP contribution in [0.15, 0.2) is 6.07 Å². The predicted molar refractivity (Wildman–Crippen MR) is 58.7 cm³/mol. The van der Waals surface area contributed by atoms with E-state index >= 15 is 0 Å². The lowest BCUT2D eigenvalue weighted by Crippen LogP contribution is -2.06. The fourth-order valence-corrected chi connectivity index (χ4v) is 1.94. The van der Waals surface area contributed by atoms with Crippen LogP contribution in [0.2, 0.25) is 0 Å². The highest BCUT2D eigenvalue weighted by Gasteiger charge is 2.28. The number of alkyl halides is 2. The van der Waals surface area contributed by atoms with E-state index in [1.54, 1.807) is 22.6 Å². The molecule has 0 unspecified atom stereocenters. The normalized spacial score (nSPS) is 10.6. The van der Waals surface area contributed by atoms with Gasteiger partial charge in [-0.1, -0.05) is 0 Å². The summed E-state index contributed by atoms with van der Waals surface area (Å²) in [6.45, 7) is 0. The first-order valence-electron chi connectivity index (χ1n) is 3.67. The number of carbonyl (C=O) groups excluding carboxylic acids is 1. The average Bonchev–Trinajstić information content (AvgIpc) is 2.15. The van der Waals surface area contributed by atoms with E-state index < -0.39 is 33.7 Å². The lowest BCUT2D eigenvalue weighted by Gasteiger charge is -2.02. The lowest BCUT2D eigenvalue weighted by atomic mass is 10.2. The van der Waals surface area contributed by atoms with E-state index in [0.717, 1.165) is 6.07 Å². The van der Waals surface area contributed by atoms with Crippen LogP contribution in [-0.2, 0) is 0 Å². The third-order valence-electron chi connectivity index (χ3n) is 1.58.